The maximum absolute atomic E-state index is 13.6. The zero-order valence-electron chi connectivity index (χ0n) is 24.2. The lowest BCUT2D eigenvalue weighted by molar-refractivity contribution is -0.0505. The molecular weight excluding hydrogens is 518 g/mol. The van der Waals surface area contributed by atoms with E-state index in [9.17, 15) is 13.6 Å². The number of rotatable bonds is 4. The number of nitrogens with two attached hydrogens (primary N) is 1. The standard InChI is InChI=1S/C28H24F2N8O2/c1-27(32-2)12-28(31,13-27)25-33-10-14(11-34-25)17-7-8-38-23(35-17)21-16-9-18(22(21)36-38)37(3)24(39)15-5-4-6-19(20(15)16)40-26(29)30/h4-8,10-11,16,18,26H,9,12-13,31H2,1,3H3/t16-,18-,27?,28?/m1/s1/i3D3. The van der Waals surface area contributed by atoms with Crippen LogP contribution in [0.25, 0.3) is 21.7 Å². The molecular formula is C28H24F2N8O2. The van der Waals surface area contributed by atoms with Gasteiger partial charge in [-0.3, -0.25) is 4.79 Å². The number of aromatic nitrogens is 5. The van der Waals surface area contributed by atoms with E-state index in [1.165, 1.54) is 22.7 Å². The summed E-state index contributed by atoms with van der Waals surface area (Å²) in [6, 6.07) is 4.90. The molecule has 2 bridgehead atoms. The quantitative estimate of drug-likeness (QED) is 0.384. The molecule has 0 radical (unpaired) electrons. The van der Waals surface area contributed by atoms with Crippen molar-refractivity contribution in [1.82, 2.24) is 29.5 Å². The van der Waals surface area contributed by atoms with E-state index in [0.29, 0.717) is 46.8 Å². The molecule has 2 atom stereocenters. The minimum atomic E-state index is -3.15. The van der Waals surface area contributed by atoms with Gasteiger partial charge in [-0.25, -0.2) is 26.0 Å². The van der Waals surface area contributed by atoms with Gasteiger partial charge in [0.25, 0.3) is 5.91 Å². The monoisotopic (exact) mass is 545 g/mol. The van der Waals surface area contributed by atoms with E-state index in [1.54, 1.807) is 24.7 Å². The highest BCUT2D eigenvalue weighted by atomic mass is 19.3. The number of benzene rings is 1. The maximum atomic E-state index is 13.6. The van der Waals surface area contributed by atoms with Crippen LogP contribution in [-0.2, 0) is 5.54 Å². The number of alkyl halides is 2. The van der Waals surface area contributed by atoms with Gasteiger partial charge in [0.1, 0.15) is 11.6 Å². The number of carbonyl (C=O) groups is 1. The molecule has 2 N–H and O–H groups in total. The molecule has 0 saturated heterocycles. The van der Waals surface area contributed by atoms with Crippen LogP contribution < -0.4 is 10.5 Å². The van der Waals surface area contributed by atoms with Gasteiger partial charge in [0.15, 0.2) is 5.65 Å². The Bertz CT molecular complexity index is 1850. The van der Waals surface area contributed by atoms with Gasteiger partial charge in [-0.1, -0.05) is 6.07 Å². The predicted octanol–water partition coefficient (Wildman–Crippen LogP) is 4.08. The van der Waals surface area contributed by atoms with Crippen molar-refractivity contribution in [1.29, 1.82) is 0 Å². The third kappa shape index (κ3) is 3.43. The first-order valence-electron chi connectivity index (χ1n) is 14.1. The van der Waals surface area contributed by atoms with Crippen molar-refractivity contribution in [2.24, 2.45) is 5.73 Å². The van der Waals surface area contributed by atoms with Crippen molar-refractivity contribution in [3.63, 3.8) is 0 Å². The van der Waals surface area contributed by atoms with Gasteiger partial charge in [0.05, 0.1) is 35.8 Å². The summed E-state index contributed by atoms with van der Waals surface area (Å²) in [6.07, 6.45) is 5.86. The first-order chi connectivity index (χ1) is 20.3. The second-order valence-corrected chi connectivity index (χ2v) is 10.9. The Morgan fingerprint density at radius 2 is 2.02 bits per heavy atom. The summed E-state index contributed by atoms with van der Waals surface area (Å²) >= 11 is 0. The molecule has 10 nitrogen and oxygen atoms in total. The SMILES string of the molecule is [2H]C([2H])([2H])N1C(=O)c2cccc(OC(F)F)c2[C@H]2C[C@@H]1c1nn3ccc(-c4cnc(C5(N)CC(C)([N+]#[C-])C5)nc4)nc3c12. The Morgan fingerprint density at radius 3 is 2.73 bits per heavy atom. The third-order valence-electron chi connectivity index (χ3n) is 8.12. The molecule has 7 rings (SSSR count). The van der Waals surface area contributed by atoms with Crippen LogP contribution in [0.2, 0.25) is 0 Å². The molecule has 1 fully saturated rings. The van der Waals surface area contributed by atoms with Crippen molar-refractivity contribution < 1.29 is 22.4 Å². The van der Waals surface area contributed by atoms with Crippen LogP contribution in [0.4, 0.5) is 8.78 Å². The molecule has 0 spiro atoms. The number of hydrogen-bond donors (Lipinski definition) is 1. The maximum Gasteiger partial charge on any atom is 0.387 e. The minimum Gasteiger partial charge on any atom is -0.434 e. The van der Waals surface area contributed by atoms with Gasteiger partial charge >= 0.3 is 6.61 Å². The molecule has 0 unspecified atom stereocenters. The highest BCUT2D eigenvalue weighted by molar-refractivity contribution is 5.98. The Morgan fingerprint density at radius 1 is 1.25 bits per heavy atom. The predicted molar refractivity (Wildman–Crippen MR) is 138 cm³/mol. The average Bonchev–Trinajstić information content (AvgIpc) is 3.44. The number of fused-ring (bicyclic) bond motifs is 9. The Balaban J connectivity index is 1.34. The topological polar surface area (TPSA) is 116 Å². The van der Waals surface area contributed by atoms with E-state index in [1.807, 2.05) is 6.92 Å². The van der Waals surface area contributed by atoms with Crippen molar-refractivity contribution in [3.05, 3.63) is 82.5 Å². The zero-order chi connectivity index (χ0) is 30.5. The number of carbonyl (C=O) groups excluding carboxylic acids is 1. The number of amides is 1. The van der Waals surface area contributed by atoms with Gasteiger partial charge in [-0.2, -0.15) is 13.9 Å². The molecule has 3 aliphatic rings. The van der Waals surface area contributed by atoms with E-state index >= 15 is 0 Å². The molecule has 202 valence electrons. The molecule has 2 aliphatic carbocycles. The molecule has 1 aromatic carbocycles. The van der Waals surface area contributed by atoms with E-state index in [2.05, 4.69) is 19.9 Å². The van der Waals surface area contributed by atoms with Crippen molar-refractivity contribution in [2.45, 2.75) is 55.8 Å². The highest BCUT2D eigenvalue weighted by Gasteiger charge is 2.58. The van der Waals surface area contributed by atoms with Crippen molar-refractivity contribution >= 4 is 11.6 Å². The largest absolute Gasteiger partial charge is 0.434 e. The lowest BCUT2D eigenvalue weighted by Gasteiger charge is -2.43. The molecule has 40 heavy (non-hydrogen) atoms. The lowest BCUT2D eigenvalue weighted by Crippen LogP contribution is -2.57. The van der Waals surface area contributed by atoms with Crippen molar-refractivity contribution in [2.75, 3.05) is 6.98 Å². The van der Waals surface area contributed by atoms with Crippen LogP contribution in [0.1, 0.15) is 75.3 Å². The highest BCUT2D eigenvalue weighted by Crippen LogP contribution is 2.53. The van der Waals surface area contributed by atoms with Crippen molar-refractivity contribution in [3.8, 4) is 17.0 Å². The van der Waals surface area contributed by atoms with Gasteiger partial charge < -0.3 is 20.2 Å². The van der Waals surface area contributed by atoms with Gasteiger partial charge in [-0.05, 0) is 24.6 Å². The molecule has 4 aromatic rings. The smallest absolute Gasteiger partial charge is 0.387 e. The van der Waals surface area contributed by atoms with E-state index in [-0.39, 0.29) is 23.3 Å². The Labute approximate surface area is 231 Å². The van der Waals surface area contributed by atoms with Crippen LogP contribution in [0, 0.1) is 6.57 Å². The fourth-order valence-corrected chi connectivity index (χ4v) is 6.47. The first-order valence-corrected chi connectivity index (χ1v) is 12.6. The van der Waals surface area contributed by atoms with E-state index in [4.69, 9.17) is 26.1 Å². The van der Waals surface area contributed by atoms with Crippen LogP contribution in [0.5, 0.6) is 5.75 Å². The molecule has 4 heterocycles. The minimum absolute atomic E-state index is 0.0204. The van der Waals surface area contributed by atoms with Crippen LogP contribution in [0.15, 0.2) is 42.9 Å². The normalized spacial score (nSPS) is 28.1. The van der Waals surface area contributed by atoms with E-state index in [0.717, 1.165) is 4.90 Å². The number of hydrogen-bond acceptors (Lipinski definition) is 7. The van der Waals surface area contributed by atoms with Gasteiger partial charge in [0.2, 0.25) is 5.54 Å². The average molecular weight is 546 g/mol. The summed E-state index contributed by atoms with van der Waals surface area (Å²) in [5, 5.41) is 4.61. The molecule has 1 aliphatic heterocycles. The summed E-state index contributed by atoms with van der Waals surface area (Å²) in [4.78, 5) is 31.8. The number of halogens is 2. The molecule has 1 amide bonds. The zero-order valence-corrected chi connectivity index (χ0v) is 21.2. The summed E-state index contributed by atoms with van der Waals surface area (Å²) in [5.41, 5.74) is 7.63. The molecule has 3 aromatic heterocycles. The summed E-state index contributed by atoms with van der Waals surface area (Å²) in [6.45, 7) is 3.24. The molecule has 1 saturated carbocycles. The second-order valence-electron chi connectivity index (χ2n) is 10.9. The fraction of sp³-hybridized carbons (Fsp3) is 0.357. The summed E-state index contributed by atoms with van der Waals surface area (Å²) < 4.78 is 57.6. The fourth-order valence-electron chi connectivity index (χ4n) is 6.47. The third-order valence-corrected chi connectivity index (χ3v) is 8.12. The second kappa shape index (κ2) is 8.25. The van der Waals surface area contributed by atoms with Gasteiger partial charge in [0, 0.05) is 64.8 Å². The Hall–Kier alpha value is -4.50. The first kappa shape index (κ1) is 21.3. The number of ether oxygens (including phenoxy) is 1. The summed E-state index contributed by atoms with van der Waals surface area (Å²) in [5.74, 6) is -1.26. The van der Waals surface area contributed by atoms with Crippen LogP contribution in [0.3, 0.4) is 0 Å². The van der Waals surface area contributed by atoms with Gasteiger partial charge in [-0.15, -0.1) is 0 Å². The molecule has 12 heteroatoms. The number of nitrogens with zero attached hydrogens (tertiary/aromatic N) is 7. The lowest BCUT2D eigenvalue weighted by atomic mass is 9.64. The van der Waals surface area contributed by atoms with E-state index < -0.39 is 42.5 Å². The van der Waals surface area contributed by atoms with Crippen LogP contribution in [-0.4, -0.2) is 54.5 Å². The summed E-state index contributed by atoms with van der Waals surface area (Å²) in [7, 11) is 0. The van der Waals surface area contributed by atoms with Crippen LogP contribution >= 0.6 is 0 Å². The Kier molecular flexibility index (Phi) is 4.40.